The third-order valence-corrected chi connectivity index (χ3v) is 6.14. The number of methoxy groups -OCH3 is 1. The summed E-state index contributed by atoms with van der Waals surface area (Å²) in [6.07, 6.45) is 1.18. The molecule has 0 unspecified atom stereocenters. The van der Waals surface area contributed by atoms with E-state index in [2.05, 4.69) is 10.9 Å². The number of esters is 1. The van der Waals surface area contributed by atoms with Crippen molar-refractivity contribution in [2.45, 2.75) is 40.0 Å². The minimum Gasteiger partial charge on any atom is -0.872 e. The highest BCUT2D eigenvalue weighted by atomic mass is 16.5. The number of ketones is 1. The number of ether oxygens (including phenoxy) is 1. The number of nitrogens with one attached hydrogen (secondary N) is 2. The van der Waals surface area contributed by atoms with Gasteiger partial charge in [0.2, 0.25) is 0 Å². The first kappa shape index (κ1) is 23.3. The maximum absolute atomic E-state index is 13.4. The number of hydrogen-bond acceptors (Lipinski definition) is 7. The molecule has 0 atom stereocenters. The van der Waals surface area contributed by atoms with Gasteiger partial charge in [-0.2, -0.15) is 0 Å². The van der Waals surface area contributed by atoms with E-state index < -0.39 is 17.1 Å². The van der Waals surface area contributed by atoms with Gasteiger partial charge in [0, 0.05) is 39.5 Å². The molecule has 7 heteroatoms. The quantitative estimate of drug-likeness (QED) is 0.248. The van der Waals surface area contributed by atoms with Gasteiger partial charge in [0.1, 0.15) is 0 Å². The zero-order valence-electron chi connectivity index (χ0n) is 19.8. The van der Waals surface area contributed by atoms with E-state index in [0.29, 0.717) is 24.4 Å². The number of para-hydroxylation sites is 1. The number of hydrazine groups is 1. The topological polar surface area (TPSA) is 103 Å². The minimum atomic E-state index is -0.897. The van der Waals surface area contributed by atoms with Gasteiger partial charge < -0.3 is 15.3 Å². The Bertz CT molecular complexity index is 1350. The Labute approximate surface area is 198 Å². The van der Waals surface area contributed by atoms with Gasteiger partial charge in [0.15, 0.2) is 11.6 Å². The zero-order chi connectivity index (χ0) is 24.5. The molecular formula is C27H28N3O4-. The van der Waals surface area contributed by atoms with Crippen LogP contribution in [-0.4, -0.2) is 23.8 Å². The van der Waals surface area contributed by atoms with Crippen LogP contribution >= 0.6 is 0 Å². The van der Waals surface area contributed by atoms with Crippen molar-refractivity contribution in [2.75, 3.05) is 12.5 Å². The fraction of sp³-hybridized carbons (Fsp3) is 0.296. The molecule has 0 bridgehead atoms. The van der Waals surface area contributed by atoms with E-state index >= 15 is 0 Å². The van der Waals surface area contributed by atoms with Crippen LogP contribution in [0.1, 0.15) is 40.0 Å². The van der Waals surface area contributed by atoms with E-state index in [1.165, 1.54) is 7.11 Å². The molecule has 176 valence electrons. The van der Waals surface area contributed by atoms with Crippen LogP contribution in [0.2, 0.25) is 0 Å². The lowest BCUT2D eigenvalue weighted by molar-refractivity contribution is -0.300. The Hall–Kier alpha value is -3.87. The first-order chi connectivity index (χ1) is 16.3. The average molecular weight is 459 g/mol. The van der Waals surface area contributed by atoms with Crippen molar-refractivity contribution in [1.82, 2.24) is 10.4 Å². The molecule has 0 amide bonds. The Balaban J connectivity index is 1.81. The summed E-state index contributed by atoms with van der Waals surface area (Å²) < 4.78 is 4.86. The van der Waals surface area contributed by atoms with Gasteiger partial charge in [-0.3, -0.25) is 10.2 Å². The molecule has 1 aliphatic carbocycles. The van der Waals surface area contributed by atoms with Crippen molar-refractivity contribution >= 4 is 39.2 Å². The number of benzene rings is 2. The van der Waals surface area contributed by atoms with Gasteiger partial charge in [-0.25, -0.2) is 9.78 Å². The number of nitrogens with zero attached hydrogens (tertiary/aromatic N) is 1. The fourth-order valence-electron chi connectivity index (χ4n) is 4.55. The summed E-state index contributed by atoms with van der Waals surface area (Å²) in [5, 5.41) is 16.3. The molecule has 3 aromatic rings. The van der Waals surface area contributed by atoms with Crippen molar-refractivity contribution in [2.24, 2.45) is 5.41 Å². The molecule has 0 radical (unpaired) electrons. The summed E-state index contributed by atoms with van der Waals surface area (Å²) in [5.41, 5.74) is 6.58. The van der Waals surface area contributed by atoms with Crippen molar-refractivity contribution in [3.63, 3.8) is 0 Å². The molecule has 1 aliphatic rings. The summed E-state index contributed by atoms with van der Waals surface area (Å²) in [6.45, 7) is 5.38. The first-order valence-corrected chi connectivity index (χ1v) is 11.3. The second-order valence-electron chi connectivity index (χ2n) is 9.06. The molecule has 7 nitrogen and oxygen atoms in total. The maximum Gasteiger partial charge on any atom is 0.333 e. The number of Topliss-reactive ketones (excluding diaryl/α,β-unsaturated/α-hetero) is 1. The van der Waals surface area contributed by atoms with E-state index in [4.69, 9.17) is 9.72 Å². The molecule has 34 heavy (non-hydrogen) atoms. The number of rotatable bonds is 6. The van der Waals surface area contributed by atoms with Crippen LogP contribution in [0, 0.1) is 5.41 Å². The number of aromatic nitrogens is 1. The van der Waals surface area contributed by atoms with Gasteiger partial charge in [0.05, 0.1) is 12.6 Å². The van der Waals surface area contributed by atoms with Crippen LogP contribution in [0.5, 0.6) is 0 Å². The number of carbonyl (C=O) groups excluding carboxylic acids is 2. The number of anilines is 1. The normalized spacial score (nSPS) is 17.1. The Morgan fingerprint density at radius 3 is 2.41 bits per heavy atom. The van der Waals surface area contributed by atoms with Crippen molar-refractivity contribution in [1.29, 1.82) is 0 Å². The van der Waals surface area contributed by atoms with Crippen LogP contribution in [0.25, 0.3) is 21.7 Å². The first-order valence-electron chi connectivity index (χ1n) is 11.3. The highest BCUT2D eigenvalue weighted by Crippen LogP contribution is 2.40. The number of allylic oxidation sites excluding steroid dienone is 2. The van der Waals surface area contributed by atoms with Crippen molar-refractivity contribution < 1.29 is 19.4 Å². The largest absolute Gasteiger partial charge is 0.872 e. The van der Waals surface area contributed by atoms with Gasteiger partial charge in [-0.1, -0.05) is 75.4 Å². The van der Waals surface area contributed by atoms with Gasteiger partial charge in [-0.05, 0) is 17.9 Å². The molecule has 1 aromatic heterocycles. The average Bonchev–Trinajstić information content (AvgIpc) is 2.81. The second-order valence-corrected chi connectivity index (χ2v) is 9.06. The lowest BCUT2D eigenvalue weighted by atomic mass is 9.72. The zero-order valence-corrected chi connectivity index (χ0v) is 19.8. The van der Waals surface area contributed by atoms with Crippen LogP contribution in [0.3, 0.4) is 0 Å². The third kappa shape index (κ3) is 4.09. The van der Waals surface area contributed by atoms with Crippen molar-refractivity contribution in [3.8, 4) is 0 Å². The molecule has 0 aliphatic heterocycles. The molecule has 0 saturated heterocycles. The molecule has 0 fully saturated rings. The van der Waals surface area contributed by atoms with E-state index in [1.54, 1.807) is 13.8 Å². The van der Waals surface area contributed by atoms with E-state index in [-0.39, 0.29) is 23.4 Å². The maximum atomic E-state index is 13.4. The lowest BCUT2D eigenvalue weighted by Gasteiger charge is -2.37. The van der Waals surface area contributed by atoms with E-state index in [0.717, 1.165) is 21.7 Å². The summed E-state index contributed by atoms with van der Waals surface area (Å²) in [6, 6.07) is 15.8. The number of fused-ring (bicyclic) bond motifs is 3. The van der Waals surface area contributed by atoms with Crippen LogP contribution in [0.15, 0.2) is 71.1 Å². The smallest absolute Gasteiger partial charge is 0.333 e. The fourth-order valence-corrected chi connectivity index (χ4v) is 4.55. The van der Waals surface area contributed by atoms with E-state index in [9.17, 15) is 14.7 Å². The van der Waals surface area contributed by atoms with Crippen LogP contribution < -0.4 is 16.0 Å². The molecule has 1 heterocycles. The SMILES string of the molecule is CCC/C(NNc1nc2ccccc2c2ccccc12)=C1/C(=O)CC(C)(C)C(C(=O)OC)=C1[O-]. The molecule has 2 aromatic carbocycles. The monoisotopic (exact) mass is 458 g/mol. The number of pyridine rings is 1. The highest BCUT2D eigenvalue weighted by molar-refractivity contribution is 6.10. The number of hydrogen-bond donors (Lipinski definition) is 2. The molecule has 2 N–H and O–H groups in total. The lowest BCUT2D eigenvalue weighted by Crippen LogP contribution is -2.38. The number of carbonyl (C=O) groups is 2. The van der Waals surface area contributed by atoms with Gasteiger partial charge in [-0.15, -0.1) is 0 Å². The molecule has 0 saturated carbocycles. The van der Waals surface area contributed by atoms with Crippen LogP contribution in [0.4, 0.5) is 5.82 Å². The summed E-state index contributed by atoms with van der Waals surface area (Å²) >= 11 is 0. The molecule has 0 spiro atoms. The highest BCUT2D eigenvalue weighted by Gasteiger charge is 2.39. The summed E-state index contributed by atoms with van der Waals surface area (Å²) in [4.78, 5) is 30.2. The van der Waals surface area contributed by atoms with Gasteiger partial charge >= 0.3 is 5.97 Å². The summed E-state index contributed by atoms with van der Waals surface area (Å²) in [7, 11) is 1.24. The Morgan fingerprint density at radius 2 is 1.74 bits per heavy atom. The molecule has 4 rings (SSSR count). The predicted molar refractivity (Wildman–Crippen MR) is 130 cm³/mol. The van der Waals surface area contributed by atoms with E-state index in [1.807, 2.05) is 55.5 Å². The minimum absolute atomic E-state index is 0.000769. The van der Waals surface area contributed by atoms with Crippen LogP contribution in [-0.2, 0) is 14.3 Å². The standard InChI is InChI=1S/C27H29N3O4/c1-5-10-20(22-21(31)15-27(2,3)23(24(22)32)26(33)34-4)29-30-25-18-13-7-6-11-16(18)17-12-8-9-14-19(17)28-25/h6-9,11-14,29,32H,5,10,15H2,1-4H3,(H,28,30)/p-1/b22-20+. The van der Waals surface area contributed by atoms with Gasteiger partial charge in [0.25, 0.3) is 0 Å². The second kappa shape index (κ2) is 9.17. The summed E-state index contributed by atoms with van der Waals surface area (Å²) in [5.74, 6) is -0.999. The third-order valence-electron chi connectivity index (χ3n) is 6.14. The van der Waals surface area contributed by atoms with Crippen molar-refractivity contribution in [3.05, 3.63) is 71.1 Å². The molecular weight excluding hydrogens is 430 g/mol. The predicted octanol–water partition coefficient (Wildman–Crippen LogP) is 4.15. The Morgan fingerprint density at radius 1 is 1.09 bits per heavy atom. The Kier molecular flexibility index (Phi) is 6.28.